The third kappa shape index (κ3) is 2.68. The predicted octanol–water partition coefficient (Wildman–Crippen LogP) is 3.17. The first-order chi connectivity index (χ1) is 8.74. The van der Waals surface area contributed by atoms with E-state index in [1.807, 2.05) is 12.1 Å². The van der Waals surface area contributed by atoms with E-state index in [1.54, 1.807) is 13.3 Å². The first-order valence-electron chi connectivity index (χ1n) is 6.10. The molecule has 0 spiro atoms. The summed E-state index contributed by atoms with van der Waals surface area (Å²) in [6, 6.07) is 12.3. The van der Waals surface area contributed by atoms with Gasteiger partial charge in [0.15, 0.2) is 0 Å². The summed E-state index contributed by atoms with van der Waals surface area (Å²) in [5.41, 5.74) is 9.40. The molecule has 94 valence electrons. The Balaban J connectivity index is 2.28. The van der Waals surface area contributed by atoms with Gasteiger partial charge < -0.3 is 10.5 Å². The predicted molar refractivity (Wildman–Crippen MR) is 73.4 cm³/mol. The molecule has 2 aromatic rings. The van der Waals surface area contributed by atoms with Crippen molar-refractivity contribution in [1.82, 2.24) is 4.98 Å². The molecule has 1 aromatic heterocycles. The van der Waals surface area contributed by atoms with Gasteiger partial charge in [0, 0.05) is 18.3 Å². The average molecular weight is 242 g/mol. The van der Waals surface area contributed by atoms with Crippen molar-refractivity contribution in [1.29, 1.82) is 0 Å². The van der Waals surface area contributed by atoms with E-state index in [9.17, 15) is 0 Å². The number of aromatic nitrogens is 1. The van der Waals surface area contributed by atoms with Gasteiger partial charge in [0.25, 0.3) is 0 Å². The molecule has 0 saturated heterocycles. The molecule has 0 aliphatic heterocycles. The number of benzene rings is 1. The Morgan fingerprint density at radius 1 is 1.17 bits per heavy atom. The van der Waals surface area contributed by atoms with Crippen LogP contribution in [-0.2, 0) is 0 Å². The van der Waals surface area contributed by atoms with E-state index in [4.69, 9.17) is 10.5 Å². The monoisotopic (exact) mass is 242 g/mol. The molecule has 0 fully saturated rings. The van der Waals surface area contributed by atoms with Gasteiger partial charge in [0.1, 0.15) is 0 Å². The topological polar surface area (TPSA) is 48.1 Å². The lowest BCUT2D eigenvalue weighted by molar-refractivity contribution is 0.398. The van der Waals surface area contributed by atoms with Gasteiger partial charge in [-0.05, 0) is 29.2 Å². The molecule has 1 unspecified atom stereocenters. The van der Waals surface area contributed by atoms with Crippen LogP contribution >= 0.6 is 0 Å². The number of nitrogens with two attached hydrogens (primary N) is 1. The molecule has 0 saturated carbocycles. The molecule has 3 nitrogen and oxygen atoms in total. The molecule has 0 bridgehead atoms. The minimum atomic E-state index is 0.117. The Hall–Kier alpha value is -1.87. The Bertz CT molecular complexity index is 508. The van der Waals surface area contributed by atoms with E-state index in [-0.39, 0.29) is 6.04 Å². The Kier molecular flexibility index (Phi) is 3.95. The van der Waals surface area contributed by atoms with Crippen LogP contribution in [0.25, 0.3) is 11.1 Å². The smallest absolute Gasteiger partial charge is 0.213 e. The number of hydrogen-bond donors (Lipinski definition) is 1. The number of rotatable bonds is 4. The lowest BCUT2D eigenvalue weighted by atomic mass is 10.0. The second-order valence-electron chi connectivity index (χ2n) is 4.22. The van der Waals surface area contributed by atoms with Gasteiger partial charge in [-0.15, -0.1) is 0 Å². The summed E-state index contributed by atoms with van der Waals surface area (Å²) >= 11 is 0. The van der Waals surface area contributed by atoms with E-state index >= 15 is 0 Å². The van der Waals surface area contributed by atoms with Crippen molar-refractivity contribution in [2.45, 2.75) is 19.4 Å². The Morgan fingerprint density at radius 2 is 1.89 bits per heavy atom. The maximum Gasteiger partial charge on any atom is 0.213 e. The molecule has 1 aromatic carbocycles. The minimum Gasteiger partial charge on any atom is -0.481 e. The number of hydrogen-bond acceptors (Lipinski definition) is 3. The lowest BCUT2D eigenvalue weighted by Gasteiger charge is -2.10. The highest BCUT2D eigenvalue weighted by molar-refractivity contribution is 5.64. The van der Waals surface area contributed by atoms with Gasteiger partial charge in [-0.2, -0.15) is 0 Å². The van der Waals surface area contributed by atoms with Crippen LogP contribution in [0.15, 0.2) is 42.6 Å². The van der Waals surface area contributed by atoms with Crippen molar-refractivity contribution >= 4 is 0 Å². The standard InChI is InChI=1S/C15H18N2O/c1-3-14(16)12-6-4-11(5-7-12)13-8-9-17-15(10-13)18-2/h4-10,14H,3,16H2,1-2H3. The summed E-state index contributed by atoms with van der Waals surface area (Å²) in [5.74, 6) is 0.627. The Morgan fingerprint density at radius 3 is 2.50 bits per heavy atom. The third-order valence-electron chi connectivity index (χ3n) is 3.06. The average Bonchev–Trinajstić information content (AvgIpc) is 2.46. The van der Waals surface area contributed by atoms with E-state index < -0.39 is 0 Å². The van der Waals surface area contributed by atoms with E-state index in [1.165, 1.54) is 5.56 Å². The molecule has 2 rings (SSSR count). The molecule has 3 heteroatoms. The SMILES string of the molecule is CCC(N)c1ccc(-c2ccnc(OC)c2)cc1. The van der Waals surface area contributed by atoms with Gasteiger partial charge in [0.05, 0.1) is 7.11 Å². The summed E-state index contributed by atoms with van der Waals surface area (Å²) < 4.78 is 5.12. The number of ether oxygens (including phenoxy) is 1. The van der Waals surface area contributed by atoms with Crippen LogP contribution in [0.1, 0.15) is 24.9 Å². The third-order valence-corrected chi connectivity index (χ3v) is 3.06. The van der Waals surface area contributed by atoms with Gasteiger partial charge in [-0.25, -0.2) is 4.98 Å². The van der Waals surface area contributed by atoms with Gasteiger partial charge in [-0.1, -0.05) is 31.2 Å². The van der Waals surface area contributed by atoms with Crippen molar-refractivity contribution in [3.05, 3.63) is 48.2 Å². The highest BCUT2D eigenvalue weighted by Crippen LogP contribution is 2.24. The largest absolute Gasteiger partial charge is 0.481 e. The van der Waals surface area contributed by atoms with E-state index in [0.717, 1.165) is 17.5 Å². The number of nitrogens with zero attached hydrogens (tertiary/aromatic N) is 1. The fourth-order valence-corrected chi connectivity index (χ4v) is 1.86. The summed E-state index contributed by atoms with van der Waals surface area (Å²) in [4.78, 5) is 4.10. The van der Waals surface area contributed by atoms with Crippen molar-refractivity contribution < 1.29 is 4.74 Å². The van der Waals surface area contributed by atoms with Crippen LogP contribution in [0.2, 0.25) is 0 Å². The minimum absolute atomic E-state index is 0.117. The fourth-order valence-electron chi connectivity index (χ4n) is 1.86. The van der Waals surface area contributed by atoms with Crippen molar-refractivity contribution in [2.75, 3.05) is 7.11 Å². The van der Waals surface area contributed by atoms with Crippen molar-refractivity contribution in [3.8, 4) is 17.0 Å². The van der Waals surface area contributed by atoms with Crippen LogP contribution in [0.4, 0.5) is 0 Å². The molecule has 1 heterocycles. The van der Waals surface area contributed by atoms with Gasteiger partial charge >= 0.3 is 0 Å². The van der Waals surface area contributed by atoms with E-state index in [0.29, 0.717) is 5.88 Å². The summed E-state index contributed by atoms with van der Waals surface area (Å²) in [5, 5.41) is 0. The molecular weight excluding hydrogens is 224 g/mol. The molecule has 0 radical (unpaired) electrons. The lowest BCUT2D eigenvalue weighted by Crippen LogP contribution is -2.08. The van der Waals surface area contributed by atoms with Gasteiger partial charge in [0.2, 0.25) is 5.88 Å². The number of pyridine rings is 1. The Labute approximate surface area is 108 Å². The summed E-state index contributed by atoms with van der Waals surface area (Å²) in [6.07, 6.45) is 2.70. The molecule has 18 heavy (non-hydrogen) atoms. The zero-order valence-electron chi connectivity index (χ0n) is 10.8. The summed E-state index contributed by atoms with van der Waals surface area (Å²) in [6.45, 7) is 2.09. The first kappa shape index (κ1) is 12.6. The zero-order chi connectivity index (χ0) is 13.0. The highest BCUT2D eigenvalue weighted by Gasteiger charge is 2.04. The highest BCUT2D eigenvalue weighted by atomic mass is 16.5. The van der Waals surface area contributed by atoms with Crippen LogP contribution in [0, 0.1) is 0 Å². The van der Waals surface area contributed by atoms with E-state index in [2.05, 4.69) is 36.2 Å². The molecular formula is C15H18N2O. The molecule has 2 N–H and O–H groups in total. The maximum atomic E-state index is 6.00. The van der Waals surface area contributed by atoms with Crippen molar-refractivity contribution in [3.63, 3.8) is 0 Å². The quantitative estimate of drug-likeness (QED) is 0.895. The van der Waals surface area contributed by atoms with Crippen molar-refractivity contribution in [2.24, 2.45) is 5.73 Å². The van der Waals surface area contributed by atoms with Crippen LogP contribution in [0.3, 0.4) is 0 Å². The normalized spacial score (nSPS) is 12.2. The maximum absolute atomic E-state index is 6.00. The van der Waals surface area contributed by atoms with Gasteiger partial charge in [-0.3, -0.25) is 0 Å². The van der Waals surface area contributed by atoms with Crippen LogP contribution in [-0.4, -0.2) is 12.1 Å². The summed E-state index contributed by atoms with van der Waals surface area (Å²) in [7, 11) is 1.62. The molecule has 0 amide bonds. The second kappa shape index (κ2) is 5.65. The second-order valence-corrected chi connectivity index (χ2v) is 4.22. The zero-order valence-corrected chi connectivity index (χ0v) is 10.8. The van der Waals surface area contributed by atoms with Crippen LogP contribution in [0.5, 0.6) is 5.88 Å². The molecule has 0 aliphatic carbocycles. The number of methoxy groups -OCH3 is 1. The molecule has 1 atom stereocenters. The first-order valence-corrected chi connectivity index (χ1v) is 6.10. The van der Waals surface area contributed by atoms with Crippen LogP contribution < -0.4 is 10.5 Å². The molecule has 0 aliphatic rings. The fraction of sp³-hybridized carbons (Fsp3) is 0.267.